The number of benzene rings is 1. The summed E-state index contributed by atoms with van der Waals surface area (Å²) in [5.41, 5.74) is 3.05. The van der Waals surface area contributed by atoms with Gasteiger partial charge in [-0.25, -0.2) is 0 Å². The fourth-order valence-corrected chi connectivity index (χ4v) is 2.58. The van der Waals surface area contributed by atoms with Gasteiger partial charge in [0.25, 0.3) is 0 Å². The second kappa shape index (κ2) is 6.18. The third-order valence-electron chi connectivity index (χ3n) is 3.48. The van der Waals surface area contributed by atoms with E-state index in [1.54, 1.807) is 5.56 Å². The molecule has 0 fully saturated rings. The summed E-state index contributed by atoms with van der Waals surface area (Å²) in [6.45, 7) is 7.72. The SMILES string of the molecule is CC(C)NCCCC1CNCc2ccccc21. The molecule has 0 bridgehead atoms. The summed E-state index contributed by atoms with van der Waals surface area (Å²) in [5, 5.41) is 7.01. The van der Waals surface area contributed by atoms with E-state index in [1.807, 2.05) is 0 Å². The second-order valence-electron chi connectivity index (χ2n) is 5.28. The lowest BCUT2D eigenvalue weighted by Gasteiger charge is -2.26. The third kappa shape index (κ3) is 3.55. The van der Waals surface area contributed by atoms with Gasteiger partial charge >= 0.3 is 0 Å². The summed E-state index contributed by atoms with van der Waals surface area (Å²) in [6.07, 6.45) is 2.54. The normalized spacial score (nSPS) is 19.4. The zero-order valence-corrected chi connectivity index (χ0v) is 11.0. The van der Waals surface area contributed by atoms with Gasteiger partial charge in [0.15, 0.2) is 0 Å². The van der Waals surface area contributed by atoms with E-state index in [1.165, 1.54) is 18.4 Å². The van der Waals surface area contributed by atoms with Crippen molar-refractivity contribution in [3.8, 4) is 0 Å². The molecule has 0 aliphatic carbocycles. The van der Waals surface area contributed by atoms with Crippen LogP contribution >= 0.6 is 0 Å². The maximum Gasteiger partial charge on any atom is 0.0208 e. The van der Waals surface area contributed by atoms with E-state index in [0.29, 0.717) is 12.0 Å². The minimum absolute atomic E-state index is 0.603. The Bertz CT molecular complexity index is 347. The first-order valence-electron chi connectivity index (χ1n) is 6.79. The van der Waals surface area contributed by atoms with Gasteiger partial charge in [0.05, 0.1) is 0 Å². The van der Waals surface area contributed by atoms with Gasteiger partial charge in [-0.05, 0) is 36.4 Å². The molecule has 1 atom stereocenters. The van der Waals surface area contributed by atoms with Crippen molar-refractivity contribution in [1.82, 2.24) is 10.6 Å². The lowest BCUT2D eigenvalue weighted by molar-refractivity contribution is 0.478. The number of rotatable bonds is 5. The summed E-state index contributed by atoms with van der Waals surface area (Å²) in [4.78, 5) is 0. The standard InChI is InChI=1S/C15H24N2/c1-12(2)17-9-5-7-14-11-16-10-13-6-3-4-8-15(13)14/h3-4,6,8,12,14,16-17H,5,7,9-11H2,1-2H3. The molecule has 1 aromatic carbocycles. The molecule has 2 rings (SSSR count). The van der Waals surface area contributed by atoms with Gasteiger partial charge in [0.2, 0.25) is 0 Å². The molecule has 0 aromatic heterocycles. The van der Waals surface area contributed by atoms with Crippen molar-refractivity contribution >= 4 is 0 Å². The van der Waals surface area contributed by atoms with E-state index in [9.17, 15) is 0 Å². The van der Waals surface area contributed by atoms with E-state index in [0.717, 1.165) is 19.6 Å². The second-order valence-corrected chi connectivity index (χ2v) is 5.28. The van der Waals surface area contributed by atoms with Crippen LogP contribution in [-0.4, -0.2) is 19.1 Å². The molecule has 2 N–H and O–H groups in total. The van der Waals surface area contributed by atoms with Crippen molar-refractivity contribution < 1.29 is 0 Å². The first-order chi connectivity index (χ1) is 8.27. The Morgan fingerprint density at radius 1 is 1.35 bits per heavy atom. The van der Waals surface area contributed by atoms with Crippen LogP contribution in [0.4, 0.5) is 0 Å². The Morgan fingerprint density at radius 2 is 2.18 bits per heavy atom. The number of hydrogen-bond donors (Lipinski definition) is 2. The molecular weight excluding hydrogens is 208 g/mol. The molecule has 17 heavy (non-hydrogen) atoms. The third-order valence-corrected chi connectivity index (χ3v) is 3.48. The number of hydrogen-bond acceptors (Lipinski definition) is 2. The fraction of sp³-hybridized carbons (Fsp3) is 0.600. The lowest BCUT2D eigenvalue weighted by atomic mass is 9.87. The average Bonchev–Trinajstić information content (AvgIpc) is 2.34. The smallest absolute Gasteiger partial charge is 0.0208 e. The van der Waals surface area contributed by atoms with Crippen LogP contribution in [0.25, 0.3) is 0 Å². The molecule has 1 heterocycles. The minimum Gasteiger partial charge on any atom is -0.315 e. The van der Waals surface area contributed by atoms with Crippen LogP contribution in [0.3, 0.4) is 0 Å². The van der Waals surface area contributed by atoms with E-state index >= 15 is 0 Å². The highest BCUT2D eigenvalue weighted by Crippen LogP contribution is 2.27. The van der Waals surface area contributed by atoms with Gasteiger partial charge in [-0.15, -0.1) is 0 Å². The van der Waals surface area contributed by atoms with Gasteiger partial charge in [0, 0.05) is 19.1 Å². The quantitative estimate of drug-likeness (QED) is 0.763. The summed E-state index contributed by atoms with van der Waals surface area (Å²) in [6, 6.07) is 9.47. The summed E-state index contributed by atoms with van der Waals surface area (Å²) >= 11 is 0. The maximum atomic E-state index is 3.52. The van der Waals surface area contributed by atoms with E-state index < -0.39 is 0 Å². The Kier molecular flexibility index (Phi) is 4.57. The van der Waals surface area contributed by atoms with Crippen LogP contribution in [0.5, 0.6) is 0 Å². The monoisotopic (exact) mass is 232 g/mol. The maximum absolute atomic E-state index is 3.52. The predicted molar refractivity (Wildman–Crippen MR) is 73.3 cm³/mol. The van der Waals surface area contributed by atoms with Crippen LogP contribution in [0.2, 0.25) is 0 Å². The largest absolute Gasteiger partial charge is 0.315 e. The van der Waals surface area contributed by atoms with Crippen molar-refractivity contribution in [2.24, 2.45) is 0 Å². The lowest BCUT2D eigenvalue weighted by Crippen LogP contribution is -2.29. The van der Waals surface area contributed by atoms with Gasteiger partial charge in [-0.2, -0.15) is 0 Å². The molecule has 1 aliphatic rings. The van der Waals surface area contributed by atoms with Crippen molar-refractivity contribution in [2.45, 2.75) is 45.2 Å². The van der Waals surface area contributed by atoms with E-state index in [4.69, 9.17) is 0 Å². The number of fused-ring (bicyclic) bond motifs is 1. The summed E-state index contributed by atoms with van der Waals surface area (Å²) in [7, 11) is 0. The highest BCUT2D eigenvalue weighted by atomic mass is 14.9. The van der Waals surface area contributed by atoms with Gasteiger partial charge < -0.3 is 10.6 Å². The summed E-state index contributed by atoms with van der Waals surface area (Å²) in [5.74, 6) is 0.703. The van der Waals surface area contributed by atoms with Crippen LogP contribution in [-0.2, 0) is 6.54 Å². The van der Waals surface area contributed by atoms with Crippen molar-refractivity contribution in [3.05, 3.63) is 35.4 Å². The zero-order valence-electron chi connectivity index (χ0n) is 11.0. The first-order valence-corrected chi connectivity index (χ1v) is 6.79. The van der Waals surface area contributed by atoms with Crippen molar-refractivity contribution in [3.63, 3.8) is 0 Å². The van der Waals surface area contributed by atoms with Gasteiger partial charge in [-0.3, -0.25) is 0 Å². The molecule has 0 saturated carbocycles. The highest BCUT2D eigenvalue weighted by molar-refractivity contribution is 5.32. The van der Waals surface area contributed by atoms with Crippen LogP contribution in [0.15, 0.2) is 24.3 Å². The predicted octanol–water partition coefficient (Wildman–Crippen LogP) is 2.65. The Morgan fingerprint density at radius 3 is 3.00 bits per heavy atom. The molecule has 1 aliphatic heterocycles. The molecule has 1 aromatic rings. The van der Waals surface area contributed by atoms with Crippen molar-refractivity contribution in [1.29, 1.82) is 0 Å². The molecule has 1 unspecified atom stereocenters. The molecule has 2 nitrogen and oxygen atoms in total. The van der Waals surface area contributed by atoms with Crippen LogP contribution in [0, 0.1) is 0 Å². The first kappa shape index (κ1) is 12.6. The number of nitrogens with one attached hydrogen (secondary N) is 2. The molecule has 0 amide bonds. The molecule has 0 spiro atoms. The average molecular weight is 232 g/mol. The Hall–Kier alpha value is -0.860. The zero-order chi connectivity index (χ0) is 12.1. The molecular formula is C15H24N2. The van der Waals surface area contributed by atoms with E-state index in [2.05, 4.69) is 48.7 Å². The van der Waals surface area contributed by atoms with Crippen molar-refractivity contribution in [2.75, 3.05) is 13.1 Å². The van der Waals surface area contributed by atoms with Crippen LogP contribution < -0.4 is 10.6 Å². The van der Waals surface area contributed by atoms with Gasteiger partial charge in [0.1, 0.15) is 0 Å². The molecule has 2 heteroatoms. The topological polar surface area (TPSA) is 24.1 Å². The molecule has 0 radical (unpaired) electrons. The molecule has 0 saturated heterocycles. The highest BCUT2D eigenvalue weighted by Gasteiger charge is 2.18. The minimum atomic E-state index is 0.603. The Balaban J connectivity index is 1.86. The van der Waals surface area contributed by atoms with Crippen LogP contribution in [0.1, 0.15) is 43.7 Å². The summed E-state index contributed by atoms with van der Waals surface area (Å²) < 4.78 is 0. The Labute approximate surface area is 105 Å². The van der Waals surface area contributed by atoms with Gasteiger partial charge in [-0.1, -0.05) is 38.1 Å². The fourth-order valence-electron chi connectivity index (χ4n) is 2.58. The van der Waals surface area contributed by atoms with E-state index in [-0.39, 0.29) is 0 Å². The molecule has 94 valence electrons.